The van der Waals surface area contributed by atoms with Crippen LogP contribution in [-0.2, 0) is 6.42 Å². The molecule has 1 aromatic carbocycles. The molecular weight excluding hydrogens is 316 g/mol. The van der Waals surface area contributed by atoms with Gasteiger partial charge in [0.15, 0.2) is 0 Å². The fourth-order valence-corrected chi connectivity index (χ4v) is 3.13. The van der Waals surface area contributed by atoms with E-state index in [-0.39, 0.29) is 0 Å². The van der Waals surface area contributed by atoms with Crippen LogP contribution in [0.15, 0.2) is 53.2 Å². The monoisotopic (exact) mass is 336 g/mol. The number of benzene rings is 1. The Balaban J connectivity index is 1.54. The van der Waals surface area contributed by atoms with E-state index in [0.717, 1.165) is 30.8 Å². The first-order valence-electron chi connectivity index (χ1n) is 8.47. The summed E-state index contributed by atoms with van der Waals surface area (Å²) >= 11 is 0. The number of nitrogens with zero attached hydrogens (tertiary/aromatic N) is 4. The van der Waals surface area contributed by atoms with Crippen molar-refractivity contribution in [2.45, 2.75) is 12.8 Å². The third kappa shape index (κ3) is 3.69. The molecule has 2 aromatic heterocycles. The Bertz CT molecular complexity index is 834. The Morgan fingerprint density at radius 2 is 2.08 bits per heavy atom. The van der Waals surface area contributed by atoms with Gasteiger partial charge in [-0.05, 0) is 50.2 Å². The van der Waals surface area contributed by atoms with Gasteiger partial charge < -0.3 is 14.2 Å². The number of aromatic nitrogens is 3. The lowest BCUT2D eigenvalue weighted by Gasteiger charge is -2.07. The van der Waals surface area contributed by atoms with Crippen molar-refractivity contribution < 1.29 is 9.26 Å². The van der Waals surface area contributed by atoms with Gasteiger partial charge in [0.2, 0.25) is 17.6 Å². The highest BCUT2D eigenvalue weighted by Gasteiger charge is 2.23. The van der Waals surface area contributed by atoms with Crippen LogP contribution >= 0.6 is 0 Å². The number of pyridine rings is 1. The molecule has 1 atom stereocenters. The molecule has 0 amide bonds. The first kappa shape index (κ1) is 15.8. The molecule has 6 nitrogen and oxygen atoms in total. The third-order valence-corrected chi connectivity index (χ3v) is 4.39. The molecule has 0 bridgehead atoms. The van der Waals surface area contributed by atoms with Crippen LogP contribution in [0.4, 0.5) is 0 Å². The minimum absolute atomic E-state index is 0.474. The van der Waals surface area contributed by atoms with E-state index in [2.05, 4.69) is 27.1 Å². The van der Waals surface area contributed by atoms with Crippen LogP contribution in [0, 0.1) is 5.92 Å². The molecule has 0 spiro atoms. The summed E-state index contributed by atoms with van der Waals surface area (Å²) in [5.74, 6) is 2.96. The summed E-state index contributed by atoms with van der Waals surface area (Å²) in [6, 6.07) is 13.3. The molecule has 0 saturated carbocycles. The Morgan fingerprint density at radius 3 is 2.88 bits per heavy atom. The van der Waals surface area contributed by atoms with Gasteiger partial charge >= 0.3 is 0 Å². The van der Waals surface area contributed by atoms with Crippen molar-refractivity contribution >= 4 is 0 Å². The van der Waals surface area contributed by atoms with Gasteiger partial charge in [-0.15, -0.1) is 0 Å². The summed E-state index contributed by atoms with van der Waals surface area (Å²) in [7, 11) is 2.14. The lowest BCUT2D eigenvalue weighted by Crippen LogP contribution is -2.15. The van der Waals surface area contributed by atoms with Crippen LogP contribution in [0.1, 0.15) is 12.3 Å². The maximum Gasteiger partial charge on any atom is 0.230 e. The molecule has 4 rings (SSSR count). The van der Waals surface area contributed by atoms with E-state index in [9.17, 15) is 0 Å². The average molecular weight is 336 g/mol. The first-order valence-corrected chi connectivity index (χ1v) is 8.47. The highest BCUT2D eigenvalue weighted by Crippen LogP contribution is 2.30. The smallest absolute Gasteiger partial charge is 0.230 e. The van der Waals surface area contributed by atoms with Crippen LogP contribution in [-0.4, -0.2) is 40.2 Å². The van der Waals surface area contributed by atoms with Crippen LogP contribution in [0.5, 0.6) is 11.6 Å². The highest BCUT2D eigenvalue weighted by atomic mass is 16.5. The second kappa shape index (κ2) is 7.03. The van der Waals surface area contributed by atoms with Crippen LogP contribution in [0.3, 0.4) is 0 Å². The number of hydrogen-bond acceptors (Lipinski definition) is 6. The van der Waals surface area contributed by atoms with Gasteiger partial charge in [-0.1, -0.05) is 23.4 Å². The fourth-order valence-electron chi connectivity index (χ4n) is 3.13. The topological polar surface area (TPSA) is 64.3 Å². The second-order valence-corrected chi connectivity index (χ2v) is 6.40. The summed E-state index contributed by atoms with van der Waals surface area (Å²) in [6.07, 6.45) is 3.67. The van der Waals surface area contributed by atoms with E-state index >= 15 is 0 Å². The van der Waals surface area contributed by atoms with E-state index in [1.165, 1.54) is 6.42 Å². The SMILES string of the molecule is CN1CCC(Cc2nc(-c3cccnc3Oc3ccccc3)no2)C1. The number of hydrogen-bond donors (Lipinski definition) is 0. The molecular formula is C19H20N4O2. The van der Waals surface area contributed by atoms with Crippen LogP contribution < -0.4 is 4.74 Å². The minimum atomic E-state index is 0.474. The molecule has 0 N–H and O–H groups in total. The third-order valence-electron chi connectivity index (χ3n) is 4.39. The molecule has 0 radical (unpaired) electrons. The quantitative estimate of drug-likeness (QED) is 0.711. The van der Waals surface area contributed by atoms with Crippen molar-refractivity contribution in [3.05, 3.63) is 54.6 Å². The maximum atomic E-state index is 5.88. The van der Waals surface area contributed by atoms with Gasteiger partial charge in [0.05, 0.1) is 5.56 Å². The first-order chi connectivity index (χ1) is 12.3. The molecule has 1 unspecified atom stereocenters. The molecule has 3 aromatic rings. The predicted molar refractivity (Wildman–Crippen MR) is 93.4 cm³/mol. The zero-order valence-electron chi connectivity index (χ0n) is 14.1. The number of rotatable bonds is 5. The zero-order valence-corrected chi connectivity index (χ0v) is 14.1. The summed E-state index contributed by atoms with van der Waals surface area (Å²) in [5, 5.41) is 4.13. The molecule has 25 heavy (non-hydrogen) atoms. The van der Waals surface area contributed by atoms with E-state index in [0.29, 0.717) is 23.5 Å². The van der Waals surface area contributed by atoms with Crippen molar-refractivity contribution in [3.8, 4) is 23.0 Å². The van der Waals surface area contributed by atoms with Crippen molar-refractivity contribution in [1.29, 1.82) is 0 Å². The average Bonchev–Trinajstić information content (AvgIpc) is 3.26. The lowest BCUT2D eigenvalue weighted by molar-refractivity contribution is 0.343. The van der Waals surface area contributed by atoms with E-state index in [1.54, 1.807) is 6.20 Å². The summed E-state index contributed by atoms with van der Waals surface area (Å²) in [4.78, 5) is 11.2. The maximum absolute atomic E-state index is 5.88. The van der Waals surface area contributed by atoms with Gasteiger partial charge in [0, 0.05) is 19.2 Å². The largest absolute Gasteiger partial charge is 0.438 e. The van der Waals surface area contributed by atoms with Gasteiger partial charge in [0.1, 0.15) is 5.75 Å². The second-order valence-electron chi connectivity index (χ2n) is 6.40. The zero-order chi connectivity index (χ0) is 17.1. The molecule has 0 aliphatic carbocycles. The van der Waals surface area contributed by atoms with E-state index < -0.39 is 0 Å². The molecule has 1 aliphatic rings. The van der Waals surface area contributed by atoms with Gasteiger partial charge in [0.25, 0.3) is 0 Å². The Labute approximate surface area is 146 Å². The summed E-state index contributed by atoms with van der Waals surface area (Å²) < 4.78 is 11.3. The molecule has 1 fully saturated rings. The Kier molecular flexibility index (Phi) is 4.43. The van der Waals surface area contributed by atoms with Crippen molar-refractivity contribution in [3.63, 3.8) is 0 Å². The van der Waals surface area contributed by atoms with Crippen LogP contribution in [0.2, 0.25) is 0 Å². The van der Waals surface area contributed by atoms with Crippen LogP contribution in [0.25, 0.3) is 11.4 Å². The number of para-hydroxylation sites is 1. The summed E-state index contributed by atoms with van der Waals surface area (Å²) in [6.45, 7) is 2.20. The molecule has 6 heteroatoms. The molecule has 128 valence electrons. The number of likely N-dealkylation sites (tertiary alicyclic amines) is 1. The van der Waals surface area contributed by atoms with E-state index in [1.807, 2.05) is 42.5 Å². The number of ether oxygens (including phenoxy) is 1. The normalized spacial score (nSPS) is 17.7. The van der Waals surface area contributed by atoms with Crippen molar-refractivity contribution in [2.75, 3.05) is 20.1 Å². The Morgan fingerprint density at radius 1 is 1.20 bits per heavy atom. The standard InChI is InChI=1S/C19H20N4O2/c1-23-11-9-14(13-23)12-17-21-18(22-25-17)16-8-5-10-20-19(16)24-15-6-3-2-4-7-15/h2-8,10,14H,9,11-13H2,1H3. The lowest BCUT2D eigenvalue weighted by atomic mass is 10.1. The molecule has 1 aliphatic heterocycles. The predicted octanol–water partition coefficient (Wildman–Crippen LogP) is 3.42. The van der Waals surface area contributed by atoms with Crippen molar-refractivity contribution in [2.24, 2.45) is 5.92 Å². The van der Waals surface area contributed by atoms with E-state index in [4.69, 9.17) is 9.26 Å². The van der Waals surface area contributed by atoms with Gasteiger partial charge in [-0.25, -0.2) is 4.98 Å². The molecule has 3 heterocycles. The minimum Gasteiger partial charge on any atom is -0.438 e. The summed E-state index contributed by atoms with van der Waals surface area (Å²) in [5.41, 5.74) is 0.727. The van der Waals surface area contributed by atoms with Gasteiger partial charge in [-0.2, -0.15) is 4.98 Å². The fraction of sp³-hybridized carbons (Fsp3) is 0.316. The van der Waals surface area contributed by atoms with Crippen molar-refractivity contribution in [1.82, 2.24) is 20.0 Å². The van der Waals surface area contributed by atoms with Gasteiger partial charge in [-0.3, -0.25) is 0 Å². The Hall–Kier alpha value is -2.73. The molecule has 1 saturated heterocycles. The highest BCUT2D eigenvalue weighted by molar-refractivity contribution is 5.61.